The fourth-order valence-corrected chi connectivity index (χ4v) is 4.41. The van der Waals surface area contributed by atoms with Crippen molar-refractivity contribution in [2.24, 2.45) is 0 Å². The third kappa shape index (κ3) is 3.79. The predicted octanol–water partition coefficient (Wildman–Crippen LogP) is 3.79. The number of amides is 1. The van der Waals surface area contributed by atoms with Crippen LogP contribution in [0.1, 0.15) is 39.9 Å². The molecule has 0 aliphatic carbocycles. The molecule has 31 heavy (non-hydrogen) atoms. The van der Waals surface area contributed by atoms with Gasteiger partial charge in [0.1, 0.15) is 0 Å². The summed E-state index contributed by atoms with van der Waals surface area (Å²) in [6.45, 7) is 3.46. The minimum atomic E-state index is -0.0490. The Hall–Kier alpha value is -2.90. The Labute approximate surface area is 185 Å². The Morgan fingerprint density at radius 3 is 2.94 bits per heavy atom. The summed E-state index contributed by atoms with van der Waals surface area (Å²) in [5.41, 5.74) is 3.44. The zero-order valence-corrected chi connectivity index (χ0v) is 18.0. The molecular formula is C23H23ClN4O3. The highest BCUT2D eigenvalue weighted by Crippen LogP contribution is 2.38. The second-order valence-corrected chi connectivity index (χ2v) is 8.30. The van der Waals surface area contributed by atoms with Crippen molar-refractivity contribution in [2.45, 2.75) is 32.2 Å². The number of fused-ring (bicyclic) bond motifs is 1. The fraction of sp³-hybridized carbons (Fsp3) is 0.348. The molecular weight excluding hydrogens is 416 g/mol. The number of nitrogens with zero attached hydrogens (tertiary/aromatic N) is 4. The standard InChI is InChI=1S/C23H23ClN4O3/c1-15-17(10-16-5-6-20(25-12-16)28-8-3-7-26-28)11-19-22(21(15)24)31-14-27(23(19)29)18-4-2-9-30-13-18/h3,5-8,11-12,18H,2,4,9-10,13-14H2,1H3. The molecule has 1 fully saturated rings. The quantitative estimate of drug-likeness (QED) is 0.619. The zero-order valence-electron chi connectivity index (χ0n) is 17.3. The molecule has 1 unspecified atom stereocenters. The molecule has 4 heterocycles. The van der Waals surface area contributed by atoms with E-state index in [1.807, 2.05) is 43.6 Å². The van der Waals surface area contributed by atoms with Crippen LogP contribution in [-0.4, -0.2) is 51.6 Å². The summed E-state index contributed by atoms with van der Waals surface area (Å²) in [5, 5.41) is 4.70. The van der Waals surface area contributed by atoms with Gasteiger partial charge >= 0.3 is 0 Å². The molecule has 0 radical (unpaired) electrons. The van der Waals surface area contributed by atoms with E-state index < -0.39 is 0 Å². The van der Waals surface area contributed by atoms with Crippen molar-refractivity contribution in [2.75, 3.05) is 19.9 Å². The molecule has 2 aliphatic rings. The molecule has 0 saturated carbocycles. The highest BCUT2D eigenvalue weighted by molar-refractivity contribution is 6.33. The van der Waals surface area contributed by atoms with Gasteiger partial charge in [0.15, 0.2) is 18.3 Å². The minimum Gasteiger partial charge on any atom is -0.471 e. The number of pyridine rings is 1. The average Bonchev–Trinajstić information content (AvgIpc) is 3.34. The summed E-state index contributed by atoms with van der Waals surface area (Å²) >= 11 is 6.63. The van der Waals surface area contributed by atoms with Crippen molar-refractivity contribution in [3.8, 4) is 11.6 Å². The van der Waals surface area contributed by atoms with Gasteiger partial charge in [-0.05, 0) is 61.1 Å². The first-order valence-electron chi connectivity index (χ1n) is 10.4. The summed E-state index contributed by atoms with van der Waals surface area (Å²) in [6.07, 6.45) is 7.88. The number of aromatic nitrogens is 3. The lowest BCUT2D eigenvalue weighted by molar-refractivity contribution is -0.00991. The van der Waals surface area contributed by atoms with E-state index >= 15 is 0 Å². The topological polar surface area (TPSA) is 69.5 Å². The zero-order chi connectivity index (χ0) is 21.4. The number of halogens is 1. The molecule has 160 valence electrons. The van der Waals surface area contributed by atoms with Crippen molar-refractivity contribution >= 4 is 17.5 Å². The molecule has 7 nitrogen and oxygen atoms in total. The van der Waals surface area contributed by atoms with E-state index in [0.717, 1.165) is 42.0 Å². The van der Waals surface area contributed by atoms with E-state index in [1.165, 1.54) is 0 Å². The average molecular weight is 439 g/mol. The van der Waals surface area contributed by atoms with Gasteiger partial charge in [0, 0.05) is 25.2 Å². The van der Waals surface area contributed by atoms with Crippen LogP contribution in [0.5, 0.6) is 5.75 Å². The maximum Gasteiger partial charge on any atom is 0.260 e. The molecule has 5 rings (SSSR count). The smallest absolute Gasteiger partial charge is 0.260 e. The second-order valence-electron chi connectivity index (χ2n) is 7.92. The molecule has 2 aliphatic heterocycles. The van der Waals surface area contributed by atoms with Gasteiger partial charge in [0.05, 0.1) is 23.2 Å². The number of rotatable bonds is 4. The third-order valence-corrected chi connectivity index (χ3v) is 6.39. The van der Waals surface area contributed by atoms with Gasteiger partial charge in [-0.1, -0.05) is 17.7 Å². The molecule has 8 heteroatoms. The van der Waals surface area contributed by atoms with E-state index in [1.54, 1.807) is 15.8 Å². The number of hydrogen-bond donors (Lipinski definition) is 0. The summed E-state index contributed by atoms with van der Waals surface area (Å²) in [7, 11) is 0. The monoisotopic (exact) mass is 438 g/mol. The van der Waals surface area contributed by atoms with Gasteiger partial charge in [0.2, 0.25) is 0 Å². The number of hydrogen-bond acceptors (Lipinski definition) is 5. The molecule has 0 N–H and O–H groups in total. The van der Waals surface area contributed by atoms with Crippen LogP contribution in [0.3, 0.4) is 0 Å². The van der Waals surface area contributed by atoms with Crippen LogP contribution in [0.4, 0.5) is 0 Å². The fourth-order valence-electron chi connectivity index (χ4n) is 4.13. The van der Waals surface area contributed by atoms with Gasteiger partial charge < -0.3 is 9.47 Å². The second kappa shape index (κ2) is 8.32. The van der Waals surface area contributed by atoms with Crippen LogP contribution in [-0.2, 0) is 11.2 Å². The van der Waals surface area contributed by atoms with Gasteiger partial charge in [-0.2, -0.15) is 5.10 Å². The highest BCUT2D eigenvalue weighted by atomic mass is 35.5. The van der Waals surface area contributed by atoms with Crippen molar-refractivity contribution < 1.29 is 14.3 Å². The van der Waals surface area contributed by atoms with Crippen LogP contribution in [0, 0.1) is 6.92 Å². The first-order valence-corrected chi connectivity index (χ1v) is 10.8. The summed E-state index contributed by atoms with van der Waals surface area (Å²) in [5.74, 6) is 1.18. The number of carbonyl (C=O) groups excluding carboxylic acids is 1. The third-order valence-electron chi connectivity index (χ3n) is 5.93. The number of benzene rings is 1. The van der Waals surface area contributed by atoms with Crippen LogP contribution >= 0.6 is 11.6 Å². The summed E-state index contributed by atoms with van der Waals surface area (Å²) in [6, 6.07) is 7.75. The lowest BCUT2D eigenvalue weighted by Gasteiger charge is -2.37. The predicted molar refractivity (Wildman–Crippen MR) is 116 cm³/mol. The van der Waals surface area contributed by atoms with Gasteiger partial charge in [-0.15, -0.1) is 0 Å². The van der Waals surface area contributed by atoms with Crippen molar-refractivity contribution in [1.29, 1.82) is 0 Å². The number of ether oxygens (including phenoxy) is 2. The van der Waals surface area contributed by atoms with Gasteiger partial charge in [0.25, 0.3) is 5.91 Å². The van der Waals surface area contributed by atoms with E-state index in [9.17, 15) is 4.79 Å². The van der Waals surface area contributed by atoms with Crippen molar-refractivity contribution in [3.05, 3.63) is 70.1 Å². The molecule has 0 bridgehead atoms. The van der Waals surface area contributed by atoms with Crippen LogP contribution in [0.25, 0.3) is 5.82 Å². The Morgan fingerprint density at radius 1 is 1.32 bits per heavy atom. The van der Waals surface area contributed by atoms with Crippen molar-refractivity contribution in [1.82, 2.24) is 19.7 Å². The normalized spacial score (nSPS) is 18.6. The van der Waals surface area contributed by atoms with E-state index in [4.69, 9.17) is 21.1 Å². The Bertz CT molecular complexity index is 1090. The minimum absolute atomic E-state index is 0.0389. The molecule has 1 aromatic carbocycles. The largest absolute Gasteiger partial charge is 0.471 e. The van der Waals surface area contributed by atoms with Crippen LogP contribution < -0.4 is 4.74 Å². The summed E-state index contributed by atoms with van der Waals surface area (Å²) < 4.78 is 13.2. The lowest BCUT2D eigenvalue weighted by Crippen LogP contribution is -2.49. The maximum absolute atomic E-state index is 13.3. The number of carbonyl (C=O) groups is 1. The maximum atomic E-state index is 13.3. The summed E-state index contributed by atoms with van der Waals surface area (Å²) in [4.78, 5) is 19.5. The molecule has 3 aromatic rings. The van der Waals surface area contributed by atoms with E-state index in [-0.39, 0.29) is 18.7 Å². The first kappa shape index (κ1) is 20.0. The van der Waals surface area contributed by atoms with Crippen LogP contribution in [0.15, 0.2) is 42.9 Å². The SMILES string of the molecule is Cc1c(Cc2ccc(-n3cccn3)nc2)cc2c(c1Cl)OCN(C1CCCOC1)C2=O. The van der Waals surface area contributed by atoms with Gasteiger partial charge in [-0.25, -0.2) is 9.67 Å². The Balaban J connectivity index is 1.42. The first-order chi connectivity index (χ1) is 15.1. The van der Waals surface area contributed by atoms with Crippen LogP contribution in [0.2, 0.25) is 5.02 Å². The Kier molecular flexibility index (Phi) is 5.38. The van der Waals surface area contributed by atoms with Gasteiger partial charge in [-0.3, -0.25) is 9.69 Å². The lowest BCUT2D eigenvalue weighted by atomic mass is 9.96. The molecule has 1 saturated heterocycles. The molecule has 1 atom stereocenters. The molecule has 0 spiro atoms. The Morgan fingerprint density at radius 2 is 2.23 bits per heavy atom. The van der Waals surface area contributed by atoms with E-state index in [0.29, 0.717) is 29.4 Å². The van der Waals surface area contributed by atoms with E-state index in [2.05, 4.69) is 10.1 Å². The highest BCUT2D eigenvalue weighted by Gasteiger charge is 2.34. The van der Waals surface area contributed by atoms with Crippen molar-refractivity contribution in [3.63, 3.8) is 0 Å². The molecule has 2 aromatic heterocycles. The molecule has 1 amide bonds.